The summed E-state index contributed by atoms with van der Waals surface area (Å²) in [6.45, 7) is 2.75. The molecule has 0 aromatic heterocycles. The highest BCUT2D eigenvalue weighted by Crippen LogP contribution is 2.28. The molecule has 0 aliphatic heterocycles. The summed E-state index contributed by atoms with van der Waals surface area (Å²) in [5.41, 5.74) is 0. The lowest BCUT2D eigenvalue weighted by Gasteiger charge is -2.29. The summed E-state index contributed by atoms with van der Waals surface area (Å²) in [5.74, 6) is -0.920. The number of nitrogens with zero attached hydrogens (tertiary/aromatic N) is 1. The Bertz CT molecular complexity index is 320. The zero-order chi connectivity index (χ0) is 13.1. The summed E-state index contributed by atoms with van der Waals surface area (Å²) in [7, 11) is 0. The van der Waals surface area contributed by atoms with E-state index in [0.29, 0.717) is 18.9 Å². The topological polar surface area (TPSA) is 69.6 Å². The first-order valence-electron chi connectivity index (χ1n) is 6.91. The van der Waals surface area contributed by atoms with Crippen LogP contribution in [0.1, 0.15) is 45.4 Å². The van der Waals surface area contributed by atoms with E-state index in [1.807, 2.05) is 11.8 Å². The van der Waals surface area contributed by atoms with E-state index in [0.717, 1.165) is 32.2 Å². The minimum atomic E-state index is -0.701. The van der Waals surface area contributed by atoms with Crippen LogP contribution in [0.5, 0.6) is 0 Å². The van der Waals surface area contributed by atoms with E-state index in [9.17, 15) is 9.59 Å². The number of carbonyl (C=O) groups is 2. The second-order valence-corrected chi connectivity index (χ2v) is 5.35. The molecule has 0 unspecified atom stereocenters. The molecule has 2 aliphatic carbocycles. The molecule has 18 heavy (non-hydrogen) atoms. The Hall–Kier alpha value is -1.26. The Kier molecular flexibility index (Phi) is 4.09. The maximum Gasteiger partial charge on any atom is 0.317 e. The minimum Gasteiger partial charge on any atom is -0.481 e. The van der Waals surface area contributed by atoms with Gasteiger partial charge in [-0.2, -0.15) is 0 Å². The van der Waals surface area contributed by atoms with Gasteiger partial charge >= 0.3 is 12.0 Å². The summed E-state index contributed by atoms with van der Waals surface area (Å²) in [6.07, 6.45) is 5.15. The third kappa shape index (κ3) is 3.15. The third-order valence-electron chi connectivity index (χ3n) is 3.99. The highest BCUT2D eigenvalue weighted by molar-refractivity contribution is 5.75. The molecule has 0 saturated heterocycles. The van der Waals surface area contributed by atoms with E-state index < -0.39 is 5.97 Å². The van der Waals surface area contributed by atoms with Gasteiger partial charge in [0.05, 0.1) is 5.92 Å². The van der Waals surface area contributed by atoms with Crippen molar-refractivity contribution in [3.05, 3.63) is 0 Å². The van der Waals surface area contributed by atoms with Crippen molar-refractivity contribution in [2.75, 3.05) is 6.54 Å². The van der Waals surface area contributed by atoms with Gasteiger partial charge in [0.2, 0.25) is 0 Å². The lowest BCUT2D eigenvalue weighted by Crippen LogP contribution is -2.47. The van der Waals surface area contributed by atoms with Crippen LogP contribution in [0.3, 0.4) is 0 Å². The Labute approximate surface area is 108 Å². The van der Waals surface area contributed by atoms with Crippen molar-refractivity contribution >= 4 is 12.0 Å². The van der Waals surface area contributed by atoms with Gasteiger partial charge in [0.1, 0.15) is 0 Å². The second-order valence-electron chi connectivity index (χ2n) is 5.35. The molecule has 0 bridgehead atoms. The first-order chi connectivity index (χ1) is 8.61. The molecular weight excluding hydrogens is 232 g/mol. The number of urea groups is 1. The lowest BCUT2D eigenvalue weighted by molar-refractivity contribution is -0.142. The van der Waals surface area contributed by atoms with Crippen LogP contribution in [0.15, 0.2) is 0 Å². The molecule has 0 spiro atoms. The van der Waals surface area contributed by atoms with Crippen LogP contribution < -0.4 is 5.32 Å². The van der Waals surface area contributed by atoms with E-state index >= 15 is 0 Å². The summed E-state index contributed by atoms with van der Waals surface area (Å²) >= 11 is 0. The molecule has 5 heteroatoms. The molecule has 5 nitrogen and oxygen atoms in total. The van der Waals surface area contributed by atoms with Crippen molar-refractivity contribution in [2.45, 2.75) is 57.5 Å². The van der Waals surface area contributed by atoms with Gasteiger partial charge in [0.15, 0.2) is 0 Å². The maximum absolute atomic E-state index is 12.0. The van der Waals surface area contributed by atoms with Crippen molar-refractivity contribution in [1.82, 2.24) is 10.2 Å². The molecule has 2 amide bonds. The van der Waals surface area contributed by atoms with Crippen molar-refractivity contribution in [2.24, 2.45) is 5.92 Å². The first-order valence-corrected chi connectivity index (χ1v) is 6.91. The number of nitrogens with one attached hydrogen (secondary N) is 1. The van der Waals surface area contributed by atoms with Crippen LogP contribution in [-0.4, -0.2) is 40.6 Å². The van der Waals surface area contributed by atoms with Gasteiger partial charge in [-0.3, -0.25) is 4.79 Å². The highest BCUT2D eigenvalue weighted by atomic mass is 16.4. The Morgan fingerprint density at radius 3 is 2.22 bits per heavy atom. The zero-order valence-electron chi connectivity index (χ0n) is 10.9. The van der Waals surface area contributed by atoms with Gasteiger partial charge in [-0.05, 0) is 45.4 Å². The van der Waals surface area contributed by atoms with Crippen molar-refractivity contribution < 1.29 is 14.7 Å². The van der Waals surface area contributed by atoms with Crippen molar-refractivity contribution in [3.63, 3.8) is 0 Å². The molecule has 2 saturated carbocycles. The molecule has 2 rings (SSSR count). The fraction of sp³-hybridized carbons (Fsp3) is 0.846. The smallest absolute Gasteiger partial charge is 0.317 e. The number of amides is 2. The average Bonchev–Trinajstić information content (AvgIpc) is 3.15. The van der Waals surface area contributed by atoms with Gasteiger partial charge < -0.3 is 15.3 Å². The molecule has 2 N–H and O–H groups in total. The number of aliphatic carboxylic acids is 1. The normalized spacial score (nSPS) is 27.6. The highest BCUT2D eigenvalue weighted by Gasteiger charge is 2.33. The average molecular weight is 254 g/mol. The van der Waals surface area contributed by atoms with E-state index in [1.165, 1.54) is 0 Å². The number of carbonyl (C=O) groups excluding carboxylic acids is 1. The van der Waals surface area contributed by atoms with Crippen LogP contribution >= 0.6 is 0 Å². The molecule has 0 aromatic rings. The van der Waals surface area contributed by atoms with Gasteiger partial charge in [-0.25, -0.2) is 4.79 Å². The van der Waals surface area contributed by atoms with Crippen LogP contribution in [0, 0.1) is 5.92 Å². The first kappa shape index (κ1) is 13.2. The third-order valence-corrected chi connectivity index (χ3v) is 3.99. The quantitative estimate of drug-likeness (QED) is 0.804. The maximum atomic E-state index is 12.0. The number of carboxylic acids is 1. The second kappa shape index (κ2) is 5.59. The monoisotopic (exact) mass is 254 g/mol. The predicted molar refractivity (Wildman–Crippen MR) is 67.3 cm³/mol. The van der Waals surface area contributed by atoms with Gasteiger partial charge in [0, 0.05) is 18.6 Å². The van der Waals surface area contributed by atoms with Crippen LogP contribution in [0.2, 0.25) is 0 Å². The molecule has 2 fully saturated rings. The molecule has 0 atom stereocenters. The molecule has 102 valence electrons. The number of rotatable bonds is 4. The van der Waals surface area contributed by atoms with Crippen LogP contribution in [0.4, 0.5) is 4.79 Å². The van der Waals surface area contributed by atoms with E-state index in [4.69, 9.17) is 5.11 Å². The fourth-order valence-electron chi connectivity index (χ4n) is 2.70. The number of carboxylic acid groups (broad SMARTS) is 1. The fourth-order valence-corrected chi connectivity index (χ4v) is 2.70. The van der Waals surface area contributed by atoms with Crippen LogP contribution in [-0.2, 0) is 4.79 Å². The Balaban J connectivity index is 1.76. The summed E-state index contributed by atoms with van der Waals surface area (Å²) in [4.78, 5) is 24.8. The number of hydrogen-bond donors (Lipinski definition) is 2. The SMILES string of the molecule is CCN(C(=O)NC1CCC(C(=O)O)CC1)C1CC1. The van der Waals surface area contributed by atoms with Gasteiger partial charge in [0.25, 0.3) is 0 Å². The Morgan fingerprint density at radius 1 is 1.17 bits per heavy atom. The minimum absolute atomic E-state index is 0.0266. The largest absolute Gasteiger partial charge is 0.481 e. The lowest BCUT2D eigenvalue weighted by atomic mass is 9.86. The van der Waals surface area contributed by atoms with Gasteiger partial charge in [-0.1, -0.05) is 0 Å². The predicted octanol–water partition coefficient (Wildman–Crippen LogP) is 1.82. The summed E-state index contributed by atoms with van der Waals surface area (Å²) in [5, 5.41) is 12.0. The van der Waals surface area contributed by atoms with E-state index in [-0.39, 0.29) is 18.0 Å². The molecule has 0 aromatic carbocycles. The van der Waals surface area contributed by atoms with Crippen LogP contribution in [0.25, 0.3) is 0 Å². The summed E-state index contributed by atoms with van der Waals surface area (Å²) in [6, 6.07) is 0.616. The standard InChI is InChI=1S/C13H22N2O3/c1-2-15(11-7-8-11)13(18)14-10-5-3-9(4-6-10)12(16)17/h9-11H,2-8H2,1H3,(H,14,18)(H,16,17). The van der Waals surface area contributed by atoms with Crippen molar-refractivity contribution in [1.29, 1.82) is 0 Å². The molecule has 2 aliphatic rings. The Morgan fingerprint density at radius 2 is 1.78 bits per heavy atom. The van der Waals surface area contributed by atoms with E-state index in [2.05, 4.69) is 5.32 Å². The molecule has 0 radical (unpaired) electrons. The molecular formula is C13H22N2O3. The van der Waals surface area contributed by atoms with E-state index in [1.54, 1.807) is 0 Å². The summed E-state index contributed by atoms with van der Waals surface area (Å²) < 4.78 is 0. The zero-order valence-corrected chi connectivity index (χ0v) is 10.9. The van der Waals surface area contributed by atoms with Crippen molar-refractivity contribution in [3.8, 4) is 0 Å². The molecule has 0 heterocycles. The number of hydrogen-bond acceptors (Lipinski definition) is 2. The van der Waals surface area contributed by atoms with Gasteiger partial charge in [-0.15, -0.1) is 0 Å².